The van der Waals surface area contributed by atoms with E-state index in [0.29, 0.717) is 12.3 Å². The van der Waals surface area contributed by atoms with Crippen LogP contribution in [0.2, 0.25) is 0 Å². The number of nitrogens with zero attached hydrogens (tertiary/aromatic N) is 1. The van der Waals surface area contributed by atoms with E-state index in [2.05, 4.69) is 34.7 Å². The normalized spacial score (nSPS) is 14.2. The number of anilines is 2. The molecule has 4 rings (SSSR count). The van der Waals surface area contributed by atoms with Gasteiger partial charge in [-0.05, 0) is 71.8 Å². The first kappa shape index (κ1) is 25.0. The molecule has 3 aromatic carbocycles. The third kappa shape index (κ3) is 5.64. The van der Waals surface area contributed by atoms with E-state index >= 15 is 0 Å². The van der Waals surface area contributed by atoms with Gasteiger partial charge in [-0.3, -0.25) is 0 Å². The molecule has 0 amide bonds. The number of hydrogen-bond acceptors (Lipinski definition) is 6. The topological polar surface area (TPSA) is 70.8 Å². The van der Waals surface area contributed by atoms with Gasteiger partial charge in [0.15, 0.2) is 0 Å². The molecule has 1 heterocycles. The number of nitrogen functional groups attached to an aromatic ring is 1. The van der Waals surface area contributed by atoms with Gasteiger partial charge in [0.2, 0.25) is 0 Å². The Morgan fingerprint density at radius 3 is 2.64 bits per heavy atom. The fraction of sp³-hybridized carbons (Fsp3) is 0.333. The van der Waals surface area contributed by atoms with Crippen molar-refractivity contribution in [2.24, 2.45) is 0 Å². The minimum Gasteiger partial charge on any atom is -0.491 e. The summed E-state index contributed by atoms with van der Waals surface area (Å²) in [5, 5.41) is 14.2. The zero-order valence-electron chi connectivity index (χ0n) is 20.2. The number of rotatable bonds is 5. The summed E-state index contributed by atoms with van der Waals surface area (Å²) in [4.78, 5) is 1.13. The number of aryl methyl sites for hydroxylation is 1. The molecule has 1 aliphatic rings. The zero-order valence-corrected chi connectivity index (χ0v) is 21.0. The average Bonchev–Trinajstić information content (AvgIpc) is 3.05. The van der Waals surface area contributed by atoms with Crippen LogP contribution in [0.4, 0.5) is 11.4 Å². The molecule has 0 aliphatic carbocycles. The predicted octanol–water partition coefficient (Wildman–Crippen LogP) is 5.94. The predicted molar refractivity (Wildman–Crippen MR) is 140 cm³/mol. The van der Waals surface area contributed by atoms with Crippen LogP contribution >= 0.6 is 11.9 Å². The lowest BCUT2D eigenvalue weighted by Crippen LogP contribution is -2.20. The van der Waals surface area contributed by atoms with E-state index < -0.39 is 6.10 Å². The van der Waals surface area contributed by atoms with Gasteiger partial charge in [-0.15, -0.1) is 0 Å². The monoisotopic (exact) mass is 465 g/mol. The first-order valence-electron chi connectivity index (χ1n) is 11.5. The van der Waals surface area contributed by atoms with E-state index in [1.165, 1.54) is 11.1 Å². The minimum atomic E-state index is -0.728. The van der Waals surface area contributed by atoms with E-state index in [4.69, 9.17) is 10.5 Å². The SMILES string of the molecule is CC.CNc1ccc(C(O)c2ccc(C)c(CN3CCOc4ccccc4S3)c2)c(C)c1N. The summed E-state index contributed by atoms with van der Waals surface area (Å²) < 4.78 is 8.20. The molecule has 33 heavy (non-hydrogen) atoms. The molecule has 1 atom stereocenters. The summed E-state index contributed by atoms with van der Waals surface area (Å²) in [7, 11) is 1.85. The molecule has 5 nitrogen and oxygen atoms in total. The average molecular weight is 466 g/mol. The third-order valence-electron chi connectivity index (χ3n) is 5.83. The van der Waals surface area contributed by atoms with Gasteiger partial charge in [0.05, 0.1) is 16.3 Å². The Bertz CT molecular complexity index is 1090. The van der Waals surface area contributed by atoms with Crippen LogP contribution in [-0.2, 0) is 6.54 Å². The van der Waals surface area contributed by atoms with Gasteiger partial charge in [0.1, 0.15) is 18.5 Å². The number of nitrogens with one attached hydrogen (secondary N) is 1. The van der Waals surface area contributed by atoms with Crippen LogP contribution in [0.15, 0.2) is 59.5 Å². The number of para-hydroxylation sites is 1. The highest BCUT2D eigenvalue weighted by Crippen LogP contribution is 2.36. The van der Waals surface area contributed by atoms with E-state index in [0.717, 1.165) is 46.1 Å². The maximum Gasteiger partial charge on any atom is 0.134 e. The largest absolute Gasteiger partial charge is 0.491 e. The van der Waals surface area contributed by atoms with Gasteiger partial charge in [0.25, 0.3) is 0 Å². The van der Waals surface area contributed by atoms with Crippen LogP contribution in [-0.4, -0.2) is 29.6 Å². The Kier molecular flexibility index (Phi) is 8.67. The number of fused-ring (bicyclic) bond motifs is 1. The van der Waals surface area contributed by atoms with Crippen LogP contribution in [0.3, 0.4) is 0 Å². The van der Waals surface area contributed by atoms with Crippen molar-refractivity contribution >= 4 is 23.3 Å². The molecular formula is C27H35N3O2S. The lowest BCUT2D eigenvalue weighted by atomic mass is 9.93. The van der Waals surface area contributed by atoms with Crippen molar-refractivity contribution in [3.8, 4) is 5.75 Å². The fourth-order valence-corrected chi connectivity index (χ4v) is 4.86. The summed E-state index contributed by atoms with van der Waals surface area (Å²) in [5.41, 5.74) is 12.8. The third-order valence-corrected chi connectivity index (χ3v) is 6.93. The molecule has 6 heteroatoms. The maximum atomic E-state index is 11.1. The summed E-state index contributed by atoms with van der Waals surface area (Å²) >= 11 is 1.72. The molecule has 0 aromatic heterocycles. The molecule has 0 fully saturated rings. The van der Waals surface area contributed by atoms with Crippen LogP contribution in [0.5, 0.6) is 5.75 Å². The van der Waals surface area contributed by atoms with Gasteiger partial charge in [-0.2, -0.15) is 0 Å². The molecule has 3 aromatic rings. The van der Waals surface area contributed by atoms with Crippen molar-refractivity contribution in [1.82, 2.24) is 4.31 Å². The highest BCUT2D eigenvalue weighted by Gasteiger charge is 2.20. The van der Waals surface area contributed by atoms with Crippen molar-refractivity contribution in [2.45, 2.75) is 45.2 Å². The van der Waals surface area contributed by atoms with Gasteiger partial charge in [-0.25, -0.2) is 4.31 Å². The Morgan fingerprint density at radius 2 is 1.88 bits per heavy atom. The first-order chi connectivity index (χ1) is 16.0. The number of aliphatic hydroxyl groups is 1. The first-order valence-corrected chi connectivity index (χ1v) is 12.2. The molecule has 4 N–H and O–H groups in total. The number of benzene rings is 3. The van der Waals surface area contributed by atoms with Crippen LogP contribution in [0.25, 0.3) is 0 Å². The van der Waals surface area contributed by atoms with Crippen molar-refractivity contribution in [1.29, 1.82) is 0 Å². The Morgan fingerprint density at radius 1 is 1.12 bits per heavy atom. The minimum absolute atomic E-state index is 0.654. The fourth-order valence-electron chi connectivity index (χ4n) is 3.86. The smallest absolute Gasteiger partial charge is 0.134 e. The summed E-state index contributed by atoms with van der Waals surface area (Å²) in [6.07, 6.45) is -0.728. The Balaban J connectivity index is 0.00000149. The van der Waals surface area contributed by atoms with Crippen molar-refractivity contribution < 1.29 is 9.84 Å². The van der Waals surface area contributed by atoms with Crippen molar-refractivity contribution in [3.63, 3.8) is 0 Å². The summed E-state index contributed by atoms with van der Waals surface area (Å²) in [6.45, 7) is 10.3. The summed E-state index contributed by atoms with van der Waals surface area (Å²) in [6, 6.07) is 18.2. The second-order valence-electron chi connectivity index (χ2n) is 7.83. The van der Waals surface area contributed by atoms with Crippen LogP contribution < -0.4 is 15.8 Å². The van der Waals surface area contributed by atoms with E-state index in [-0.39, 0.29) is 0 Å². The van der Waals surface area contributed by atoms with Crippen LogP contribution in [0, 0.1) is 13.8 Å². The highest BCUT2D eigenvalue weighted by molar-refractivity contribution is 7.97. The van der Waals surface area contributed by atoms with Crippen molar-refractivity contribution in [2.75, 3.05) is 31.2 Å². The quantitative estimate of drug-likeness (QED) is 0.320. The standard InChI is InChI=1S/C25H29N3O2S.C2H6/c1-16-8-9-18(25(29)20-10-11-21(27-3)24(26)17(20)2)14-19(16)15-28-12-13-30-22-6-4-5-7-23(22)31-28;1-2/h4-11,14,25,27,29H,12-13,15,26H2,1-3H3;1-2H3. The second kappa shape index (κ2) is 11.5. The maximum absolute atomic E-state index is 11.1. The number of nitrogens with two attached hydrogens (primary N) is 1. The highest BCUT2D eigenvalue weighted by atomic mass is 32.2. The van der Waals surface area contributed by atoms with E-state index in [9.17, 15) is 5.11 Å². The summed E-state index contributed by atoms with van der Waals surface area (Å²) in [5.74, 6) is 0.939. The Hall–Kier alpha value is -2.67. The zero-order chi connectivity index (χ0) is 24.0. The Labute approximate surface area is 202 Å². The van der Waals surface area contributed by atoms with Crippen LogP contribution in [0.1, 0.15) is 47.8 Å². The van der Waals surface area contributed by atoms with Crippen molar-refractivity contribution in [3.05, 3.63) is 82.4 Å². The van der Waals surface area contributed by atoms with Gasteiger partial charge in [0, 0.05) is 20.1 Å². The molecule has 0 radical (unpaired) electrons. The molecule has 0 spiro atoms. The second-order valence-corrected chi connectivity index (χ2v) is 8.97. The molecule has 0 bridgehead atoms. The number of aliphatic hydroxyl groups excluding tert-OH is 1. The van der Waals surface area contributed by atoms with Gasteiger partial charge >= 0.3 is 0 Å². The number of ether oxygens (including phenoxy) is 1. The molecule has 1 unspecified atom stereocenters. The van der Waals surface area contributed by atoms with Gasteiger partial charge in [-0.1, -0.05) is 50.2 Å². The van der Waals surface area contributed by atoms with E-state index in [1.807, 2.05) is 64.2 Å². The molecule has 176 valence electrons. The molecule has 0 saturated carbocycles. The molecule has 0 saturated heterocycles. The molecule has 1 aliphatic heterocycles. The van der Waals surface area contributed by atoms with E-state index in [1.54, 1.807) is 11.9 Å². The lowest BCUT2D eigenvalue weighted by Gasteiger charge is -2.22. The molecular weight excluding hydrogens is 430 g/mol. The van der Waals surface area contributed by atoms with Gasteiger partial charge < -0.3 is 20.9 Å². The lowest BCUT2D eigenvalue weighted by molar-refractivity contribution is 0.219. The number of hydrogen-bond donors (Lipinski definition) is 3.